The minimum atomic E-state index is -0.233. The second kappa shape index (κ2) is 6.01. The van der Waals surface area contributed by atoms with E-state index in [2.05, 4.69) is 21.2 Å². The third-order valence-electron chi connectivity index (χ3n) is 2.86. The quantitative estimate of drug-likeness (QED) is 0.856. The lowest BCUT2D eigenvalue weighted by atomic mass is 10.1. The van der Waals surface area contributed by atoms with Gasteiger partial charge in [0.1, 0.15) is 0 Å². The first-order valence-electron chi connectivity index (χ1n) is 6.16. The van der Waals surface area contributed by atoms with E-state index in [1.807, 2.05) is 13.0 Å². The van der Waals surface area contributed by atoms with Gasteiger partial charge >= 0.3 is 0 Å². The van der Waals surface area contributed by atoms with Crippen molar-refractivity contribution in [2.24, 2.45) is 0 Å². The molecule has 0 saturated carbocycles. The molecular formula is C16H14BrNO2. The highest BCUT2D eigenvalue weighted by atomic mass is 79.9. The summed E-state index contributed by atoms with van der Waals surface area (Å²) in [6, 6.07) is 12.5. The second-order valence-corrected chi connectivity index (χ2v) is 5.49. The molecule has 0 heterocycles. The molecule has 0 unspecified atom stereocenters. The first-order chi connectivity index (χ1) is 9.47. The maximum atomic E-state index is 12.3. The maximum absolute atomic E-state index is 12.3. The molecule has 4 heteroatoms. The minimum Gasteiger partial charge on any atom is -0.321 e. The van der Waals surface area contributed by atoms with Crippen molar-refractivity contribution in [2.45, 2.75) is 13.8 Å². The largest absolute Gasteiger partial charge is 0.321 e. The molecule has 0 aliphatic heterocycles. The van der Waals surface area contributed by atoms with Crippen LogP contribution in [0.25, 0.3) is 0 Å². The van der Waals surface area contributed by atoms with Gasteiger partial charge < -0.3 is 5.32 Å². The Morgan fingerprint density at radius 2 is 1.80 bits per heavy atom. The zero-order valence-corrected chi connectivity index (χ0v) is 12.8. The number of ketones is 1. The number of anilines is 1. The zero-order chi connectivity index (χ0) is 14.7. The van der Waals surface area contributed by atoms with Gasteiger partial charge in [0.05, 0.1) is 5.69 Å². The average Bonchev–Trinajstić information content (AvgIpc) is 2.37. The molecule has 20 heavy (non-hydrogen) atoms. The Balaban J connectivity index is 2.30. The lowest BCUT2D eigenvalue weighted by Gasteiger charge is -2.09. The van der Waals surface area contributed by atoms with Crippen molar-refractivity contribution < 1.29 is 9.59 Å². The number of Topliss-reactive ketones (excluding diaryl/α,β-unsaturated/α-hetero) is 1. The number of carbonyl (C=O) groups excluding carboxylic acids is 2. The summed E-state index contributed by atoms with van der Waals surface area (Å²) >= 11 is 3.37. The molecule has 1 N–H and O–H groups in total. The number of para-hydroxylation sites is 1. The summed E-state index contributed by atoms with van der Waals surface area (Å²) in [5.74, 6) is -0.311. The van der Waals surface area contributed by atoms with Gasteiger partial charge in [-0.25, -0.2) is 0 Å². The van der Waals surface area contributed by atoms with E-state index in [0.717, 1.165) is 10.0 Å². The van der Waals surface area contributed by atoms with Gasteiger partial charge in [0, 0.05) is 15.6 Å². The smallest absolute Gasteiger partial charge is 0.255 e. The number of benzene rings is 2. The zero-order valence-electron chi connectivity index (χ0n) is 11.2. The summed E-state index contributed by atoms with van der Waals surface area (Å²) in [6.45, 7) is 3.40. The highest BCUT2D eigenvalue weighted by Crippen LogP contribution is 2.19. The molecule has 1 amide bonds. The van der Waals surface area contributed by atoms with Gasteiger partial charge in [-0.3, -0.25) is 9.59 Å². The number of carbonyl (C=O) groups is 2. The molecule has 102 valence electrons. The lowest BCUT2D eigenvalue weighted by Crippen LogP contribution is -2.14. The van der Waals surface area contributed by atoms with Crippen LogP contribution in [0.2, 0.25) is 0 Å². The van der Waals surface area contributed by atoms with Crippen LogP contribution in [0.3, 0.4) is 0 Å². The molecular weight excluding hydrogens is 318 g/mol. The van der Waals surface area contributed by atoms with E-state index in [-0.39, 0.29) is 11.7 Å². The van der Waals surface area contributed by atoms with Crippen LogP contribution >= 0.6 is 15.9 Å². The molecule has 0 saturated heterocycles. The van der Waals surface area contributed by atoms with E-state index in [4.69, 9.17) is 0 Å². The number of hydrogen-bond acceptors (Lipinski definition) is 2. The van der Waals surface area contributed by atoms with Crippen LogP contribution in [0, 0.1) is 6.92 Å². The van der Waals surface area contributed by atoms with Crippen LogP contribution in [0.4, 0.5) is 5.69 Å². The van der Waals surface area contributed by atoms with Crippen LogP contribution in [0.15, 0.2) is 46.9 Å². The first-order valence-corrected chi connectivity index (χ1v) is 6.95. The van der Waals surface area contributed by atoms with Crippen molar-refractivity contribution >= 4 is 33.3 Å². The fourth-order valence-electron chi connectivity index (χ4n) is 1.96. The van der Waals surface area contributed by atoms with Gasteiger partial charge in [-0.05, 0) is 49.7 Å². The summed E-state index contributed by atoms with van der Waals surface area (Å²) in [4.78, 5) is 23.8. The van der Waals surface area contributed by atoms with Gasteiger partial charge in [0.25, 0.3) is 5.91 Å². The van der Waals surface area contributed by atoms with Crippen molar-refractivity contribution in [3.8, 4) is 0 Å². The normalized spacial score (nSPS) is 10.2. The molecule has 0 aliphatic carbocycles. The Hall–Kier alpha value is -1.94. The van der Waals surface area contributed by atoms with Crippen molar-refractivity contribution in [3.63, 3.8) is 0 Å². The third kappa shape index (κ3) is 3.33. The van der Waals surface area contributed by atoms with Crippen molar-refractivity contribution in [1.82, 2.24) is 0 Å². The molecule has 0 aliphatic rings. The summed E-state index contributed by atoms with van der Waals surface area (Å²) in [5.41, 5.74) is 2.58. The molecule has 3 nitrogen and oxygen atoms in total. The monoisotopic (exact) mass is 331 g/mol. The Morgan fingerprint density at radius 1 is 1.10 bits per heavy atom. The van der Waals surface area contributed by atoms with Crippen molar-refractivity contribution in [3.05, 3.63) is 63.6 Å². The predicted molar refractivity (Wildman–Crippen MR) is 83.3 cm³/mol. The van der Waals surface area contributed by atoms with Gasteiger partial charge in [0.15, 0.2) is 5.78 Å². The topological polar surface area (TPSA) is 46.2 Å². The highest BCUT2D eigenvalue weighted by Gasteiger charge is 2.11. The van der Waals surface area contributed by atoms with E-state index in [9.17, 15) is 9.59 Å². The fourth-order valence-corrected chi connectivity index (χ4v) is 2.57. The molecule has 0 atom stereocenters. The molecule has 0 fully saturated rings. The number of amides is 1. The Labute approximate surface area is 126 Å². The predicted octanol–water partition coefficient (Wildman–Crippen LogP) is 4.21. The van der Waals surface area contributed by atoms with Crippen molar-refractivity contribution in [2.75, 3.05) is 5.32 Å². The van der Waals surface area contributed by atoms with E-state index in [1.165, 1.54) is 6.92 Å². The molecule has 0 radical (unpaired) electrons. The molecule has 0 bridgehead atoms. The van der Waals surface area contributed by atoms with E-state index < -0.39 is 0 Å². The van der Waals surface area contributed by atoms with Crippen LogP contribution < -0.4 is 5.32 Å². The van der Waals surface area contributed by atoms with Gasteiger partial charge in [-0.2, -0.15) is 0 Å². The summed E-state index contributed by atoms with van der Waals surface area (Å²) in [7, 11) is 0. The van der Waals surface area contributed by atoms with Gasteiger partial charge in [-0.1, -0.05) is 28.1 Å². The Kier molecular flexibility index (Phi) is 4.35. The number of hydrogen-bond donors (Lipinski definition) is 1. The molecule has 2 aromatic rings. The third-order valence-corrected chi connectivity index (χ3v) is 3.32. The first kappa shape index (κ1) is 14.5. The summed E-state index contributed by atoms with van der Waals surface area (Å²) in [5, 5.41) is 2.78. The van der Waals surface area contributed by atoms with E-state index >= 15 is 0 Å². The summed E-state index contributed by atoms with van der Waals surface area (Å²) < 4.78 is 0.850. The number of aryl methyl sites for hydroxylation is 1. The average molecular weight is 332 g/mol. The number of nitrogens with one attached hydrogen (secondary N) is 1. The highest BCUT2D eigenvalue weighted by molar-refractivity contribution is 9.10. The number of halogens is 1. The van der Waals surface area contributed by atoms with Gasteiger partial charge in [-0.15, -0.1) is 0 Å². The van der Waals surface area contributed by atoms with Gasteiger partial charge in [0.2, 0.25) is 0 Å². The molecule has 2 aromatic carbocycles. The van der Waals surface area contributed by atoms with Crippen molar-refractivity contribution in [1.29, 1.82) is 0 Å². The summed E-state index contributed by atoms with van der Waals surface area (Å²) in [6.07, 6.45) is 0. The van der Waals surface area contributed by atoms with Crippen LogP contribution in [0.1, 0.15) is 33.2 Å². The van der Waals surface area contributed by atoms with E-state index in [0.29, 0.717) is 16.8 Å². The SMILES string of the molecule is CC(=O)c1ccccc1NC(=O)c1cc(C)cc(Br)c1. The van der Waals surface area contributed by atoms with E-state index in [1.54, 1.807) is 36.4 Å². The number of rotatable bonds is 3. The second-order valence-electron chi connectivity index (χ2n) is 4.57. The van der Waals surface area contributed by atoms with Crippen LogP contribution in [-0.2, 0) is 0 Å². The molecule has 0 aromatic heterocycles. The van der Waals surface area contributed by atoms with Crippen LogP contribution in [0.5, 0.6) is 0 Å². The minimum absolute atomic E-state index is 0.0775. The standard InChI is InChI=1S/C16H14BrNO2/c1-10-7-12(9-13(17)8-10)16(20)18-15-6-4-3-5-14(15)11(2)19/h3-9H,1-2H3,(H,18,20). The van der Waals surface area contributed by atoms with Crippen LogP contribution in [-0.4, -0.2) is 11.7 Å². The molecule has 0 spiro atoms. The Morgan fingerprint density at radius 3 is 2.45 bits per heavy atom. The lowest BCUT2D eigenvalue weighted by molar-refractivity contribution is 0.101. The maximum Gasteiger partial charge on any atom is 0.255 e. The molecule has 2 rings (SSSR count). The Bertz CT molecular complexity index is 660. The fraction of sp³-hybridized carbons (Fsp3) is 0.125.